The van der Waals surface area contributed by atoms with Crippen molar-refractivity contribution in [2.24, 2.45) is 0 Å². The normalized spacial score (nSPS) is 19.5. The van der Waals surface area contributed by atoms with E-state index >= 15 is 0 Å². The lowest BCUT2D eigenvalue weighted by atomic mass is 9.98. The third-order valence-corrected chi connectivity index (χ3v) is 11.4. The van der Waals surface area contributed by atoms with E-state index in [0.29, 0.717) is 12.8 Å². The Bertz CT molecular complexity index is 1610. The van der Waals surface area contributed by atoms with E-state index in [1.165, 1.54) is 77.0 Å². The van der Waals surface area contributed by atoms with Crippen LogP contribution in [-0.4, -0.2) is 68.6 Å². The molecule has 0 unspecified atom stereocenters. The molecular weight excluding hydrogens is 769 g/mol. The number of carbonyl (C=O) groups is 1. The molecular formula is C48H70O10S. The summed E-state index contributed by atoms with van der Waals surface area (Å²) < 4.78 is 72.3. The highest BCUT2D eigenvalue weighted by Crippen LogP contribution is 2.32. The molecule has 0 aromatic heterocycles. The van der Waals surface area contributed by atoms with Crippen LogP contribution in [0, 0.1) is 0 Å². The van der Waals surface area contributed by atoms with Crippen molar-refractivity contribution in [1.29, 1.82) is 0 Å². The number of hydrogen-bond donors (Lipinski definition) is 1. The Morgan fingerprint density at radius 1 is 0.542 bits per heavy atom. The number of carbonyl (C=O) groups excluding carboxylic acids is 1. The van der Waals surface area contributed by atoms with Gasteiger partial charge in [-0.1, -0.05) is 188 Å². The standard InChI is InChI=1S/C48H70O10S/c1-2-3-4-5-6-7-8-9-10-11-12-13-14-15-25-33-44(49)53-34-26-35-54-48-47(57-38-42-31-23-18-24-32-42)46(56-37-41-29-21-17-22-30-41)45(43(58-48)39-59(50,51)52)55-36-40-27-19-16-20-28-40/h16-24,27-32,43,45-48H,2-15,25-26,33-39H2,1H3,(H,50,51,52)/t43-,45-,46+,47-,48+/m1/s1. The molecule has 11 heteroatoms. The quantitative estimate of drug-likeness (QED) is 0.0369. The fourth-order valence-corrected chi connectivity index (χ4v) is 8.06. The van der Waals surface area contributed by atoms with Gasteiger partial charge in [0.1, 0.15) is 30.2 Å². The van der Waals surface area contributed by atoms with Crippen LogP contribution < -0.4 is 0 Å². The molecule has 59 heavy (non-hydrogen) atoms. The zero-order valence-electron chi connectivity index (χ0n) is 35.3. The van der Waals surface area contributed by atoms with Crippen molar-refractivity contribution in [3.05, 3.63) is 108 Å². The van der Waals surface area contributed by atoms with Crippen molar-refractivity contribution in [3.8, 4) is 0 Å². The van der Waals surface area contributed by atoms with Gasteiger partial charge in [-0.2, -0.15) is 8.42 Å². The van der Waals surface area contributed by atoms with Gasteiger partial charge in [0.15, 0.2) is 6.29 Å². The van der Waals surface area contributed by atoms with Gasteiger partial charge in [0.2, 0.25) is 0 Å². The van der Waals surface area contributed by atoms with Crippen LogP contribution in [0.25, 0.3) is 0 Å². The lowest BCUT2D eigenvalue weighted by Crippen LogP contribution is -2.62. The Balaban J connectivity index is 1.27. The van der Waals surface area contributed by atoms with Crippen molar-refractivity contribution >= 4 is 16.1 Å². The summed E-state index contributed by atoms with van der Waals surface area (Å²) in [7, 11) is -4.50. The van der Waals surface area contributed by atoms with Gasteiger partial charge >= 0.3 is 5.97 Å². The molecule has 1 fully saturated rings. The van der Waals surface area contributed by atoms with Crippen molar-refractivity contribution in [2.45, 2.75) is 167 Å². The lowest BCUT2D eigenvalue weighted by Gasteiger charge is -2.45. The van der Waals surface area contributed by atoms with Gasteiger partial charge in [-0.15, -0.1) is 0 Å². The molecule has 3 aromatic carbocycles. The number of esters is 1. The van der Waals surface area contributed by atoms with Gasteiger partial charge in [-0.05, 0) is 23.1 Å². The maximum Gasteiger partial charge on any atom is 0.305 e. The third kappa shape index (κ3) is 20.8. The van der Waals surface area contributed by atoms with Gasteiger partial charge in [0.05, 0.1) is 33.0 Å². The minimum Gasteiger partial charge on any atom is -0.466 e. The van der Waals surface area contributed by atoms with Crippen molar-refractivity contribution in [1.82, 2.24) is 0 Å². The van der Waals surface area contributed by atoms with Crippen LogP contribution in [0.4, 0.5) is 0 Å². The fraction of sp³-hybridized carbons (Fsp3) is 0.604. The summed E-state index contributed by atoms with van der Waals surface area (Å²) in [5.74, 6) is -0.960. The number of unbranched alkanes of at least 4 members (excludes halogenated alkanes) is 14. The highest BCUT2D eigenvalue weighted by molar-refractivity contribution is 7.85. The Morgan fingerprint density at radius 3 is 1.42 bits per heavy atom. The Kier molecular flexibility index (Phi) is 24.0. The van der Waals surface area contributed by atoms with E-state index in [0.717, 1.165) is 36.0 Å². The van der Waals surface area contributed by atoms with Crippen LogP contribution in [0.2, 0.25) is 0 Å². The third-order valence-electron chi connectivity index (χ3n) is 10.6. The SMILES string of the molecule is CCCCCCCCCCCCCCCCCC(=O)OCCCO[C@H]1O[C@H](CS(=O)(=O)O)[C@@H](OCc2ccccc2)[C@H](OCc2ccccc2)[C@H]1OCc1ccccc1. The van der Waals surface area contributed by atoms with Crippen molar-refractivity contribution in [2.75, 3.05) is 19.0 Å². The van der Waals surface area contributed by atoms with Gasteiger partial charge < -0.3 is 28.4 Å². The Hall–Kier alpha value is -3.16. The topological polar surface area (TPSA) is 127 Å². The molecule has 4 rings (SSSR count). The molecule has 3 aromatic rings. The van der Waals surface area contributed by atoms with Crippen LogP contribution >= 0.6 is 0 Å². The molecule has 0 bridgehead atoms. The van der Waals surface area contributed by atoms with E-state index in [4.69, 9.17) is 28.4 Å². The van der Waals surface area contributed by atoms with Gasteiger partial charge in [0, 0.05) is 12.8 Å². The van der Waals surface area contributed by atoms with Gasteiger partial charge in [-0.3, -0.25) is 9.35 Å². The Labute approximate surface area is 354 Å². The molecule has 1 aliphatic rings. The summed E-state index contributed by atoms with van der Waals surface area (Å²) in [6.45, 7) is 3.10. The predicted molar refractivity (Wildman–Crippen MR) is 231 cm³/mol. The van der Waals surface area contributed by atoms with E-state index in [9.17, 15) is 17.8 Å². The van der Waals surface area contributed by atoms with Gasteiger partial charge in [0.25, 0.3) is 10.1 Å². The molecule has 0 aliphatic carbocycles. The molecule has 0 radical (unpaired) electrons. The summed E-state index contributed by atoms with van der Waals surface area (Å²) in [6, 6.07) is 28.8. The first-order valence-electron chi connectivity index (χ1n) is 22.2. The number of benzene rings is 3. The molecule has 0 saturated carbocycles. The van der Waals surface area contributed by atoms with Crippen LogP contribution in [0.5, 0.6) is 0 Å². The van der Waals surface area contributed by atoms with Crippen molar-refractivity contribution < 1.29 is 46.2 Å². The van der Waals surface area contributed by atoms with Crippen LogP contribution in [-0.2, 0) is 63.2 Å². The minimum absolute atomic E-state index is 0.141. The summed E-state index contributed by atoms with van der Waals surface area (Å²) in [4.78, 5) is 12.5. The lowest BCUT2D eigenvalue weighted by molar-refractivity contribution is -0.319. The maximum absolute atomic E-state index is 12.5. The van der Waals surface area contributed by atoms with E-state index in [1.54, 1.807) is 0 Å². The van der Waals surface area contributed by atoms with E-state index < -0.39 is 46.6 Å². The Morgan fingerprint density at radius 2 is 0.966 bits per heavy atom. The smallest absolute Gasteiger partial charge is 0.305 e. The number of hydrogen-bond acceptors (Lipinski definition) is 9. The molecule has 5 atom stereocenters. The molecule has 0 spiro atoms. The molecule has 1 heterocycles. The first kappa shape index (κ1) is 48.5. The second kappa shape index (κ2) is 29.2. The molecule has 10 nitrogen and oxygen atoms in total. The van der Waals surface area contributed by atoms with Crippen LogP contribution in [0.3, 0.4) is 0 Å². The molecule has 0 amide bonds. The minimum atomic E-state index is -4.50. The van der Waals surface area contributed by atoms with E-state index in [2.05, 4.69) is 6.92 Å². The number of rotatable bonds is 32. The van der Waals surface area contributed by atoms with Crippen molar-refractivity contribution in [3.63, 3.8) is 0 Å². The van der Waals surface area contributed by atoms with E-state index in [-0.39, 0.29) is 39.0 Å². The molecule has 1 saturated heterocycles. The average molecular weight is 839 g/mol. The summed E-state index contributed by atoms with van der Waals surface area (Å²) in [5.41, 5.74) is 2.68. The zero-order valence-corrected chi connectivity index (χ0v) is 36.2. The summed E-state index contributed by atoms with van der Waals surface area (Å²) in [5, 5.41) is 0. The van der Waals surface area contributed by atoms with Crippen LogP contribution in [0.15, 0.2) is 91.0 Å². The molecule has 1 N–H and O–H groups in total. The first-order valence-corrected chi connectivity index (χ1v) is 23.8. The predicted octanol–water partition coefficient (Wildman–Crippen LogP) is 10.6. The highest BCUT2D eigenvalue weighted by Gasteiger charge is 2.50. The zero-order chi connectivity index (χ0) is 41.8. The van der Waals surface area contributed by atoms with E-state index in [1.807, 2.05) is 91.0 Å². The second-order valence-electron chi connectivity index (χ2n) is 15.7. The summed E-state index contributed by atoms with van der Waals surface area (Å²) in [6.07, 6.45) is 14.9. The largest absolute Gasteiger partial charge is 0.466 e. The monoisotopic (exact) mass is 838 g/mol. The molecule has 1 aliphatic heterocycles. The maximum atomic E-state index is 12.5. The fourth-order valence-electron chi connectivity index (χ4n) is 7.38. The second-order valence-corrected chi connectivity index (χ2v) is 17.2. The molecule has 328 valence electrons. The number of ether oxygens (including phenoxy) is 6. The van der Waals surface area contributed by atoms with Crippen LogP contribution in [0.1, 0.15) is 133 Å². The van der Waals surface area contributed by atoms with Gasteiger partial charge in [-0.25, -0.2) is 0 Å². The average Bonchev–Trinajstić information content (AvgIpc) is 3.24. The highest BCUT2D eigenvalue weighted by atomic mass is 32.2. The first-order chi connectivity index (χ1) is 28.8. The summed E-state index contributed by atoms with van der Waals surface area (Å²) >= 11 is 0.